The van der Waals surface area contributed by atoms with E-state index < -0.39 is 8.32 Å². The molecule has 0 atom stereocenters. The lowest BCUT2D eigenvalue weighted by Gasteiger charge is -2.20. The second-order valence-corrected chi connectivity index (χ2v) is 7.15. The molecule has 0 aromatic rings. The highest BCUT2D eigenvalue weighted by molar-refractivity contribution is 6.81. The van der Waals surface area contributed by atoms with E-state index in [9.17, 15) is 9.59 Å². The van der Waals surface area contributed by atoms with Crippen LogP contribution in [0.5, 0.6) is 0 Å². The Morgan fingerprint density at radius 3 is 2.55 bits per heavy atom. The van der Waals surface area contributed by atoms with Gasteiger partial charge in [-0.25, -0.2) is 0 Å². The van der Waals surface area contributed by atoms with Crippen molar-refractivity contribution in [2.45, 2.75) is 32.4 Å². The molecule has 0 fully saturated rings. The second-order valence-electron chi connectivity index (χ2n) is 3.49. The first kappa shape index (κ1) is 8.68. The maximum atomic E-state index is 11.2. The maximum absolute atomic E-state index is 11.2. The van der Waals surface area contributed by atoms with E-state index in [1.165, 1.54) is 0 Å². The van der Waals surface area contributed by atoms with Crippen molar-refractivity contribution in [3.8, 4) is 0 Å². The zero-order chi connectivity index (χ0) is 8.48. The molecule has 1 rings (SSSR count). The van der Waals surface area contributed by atoms with Crippen molar-refractivity contribution < 1.29 is 9.59 Å². The molecule has 0 amide bonds. The molecule has 1 N–H and O–H groups in total. The first-order valence-electron chi connectivity index (χ1n) is 3.98. The minimum absolute atomic E-state index is 0.162. The minimum Gasteiger partial charge on any atom is -0.428 e. The number of ketones is 1. The van der Waals surface area contributed by atoms with Crippen molar-refractivity contribution in [3.63, 3.8) is 0 Å². The number of hydrogen-bond donors (Lipinski definition) is 1. The van der Waals surface area contributed by atoms with Crippen molar-refractivity contribution in [3.05, 3.63) is 11.3 Å². The van der Waals surface area contributed by atoms with E-state index >= 15 is 0 Å². The SMILES string of the molecule is C[Si](C)(O)C1=CCCCC1=O. The summed E-state index contributed by atoms with van der Waals surface area (Å²) in [5, 5.41) is 0.726. The molecule has 0 heterocycles. The zero-order valence-corrected chi connectivity index (χ0v) is 8.05. The van der Waals surface area contributed by atoms with Crippen LogP contribution in [-0.2, 0) is 4.79 Å². The Kier molecular flexibility index (Phi) is 2.30. The molecule has 0 saturated carbocycles. The molecule has 3 heteroatoms. The highest BCUT2D eigenvalue weighted by Crippen LogP contribution is 2.21. The van der Waals surface area contributed by atoms with Crippen LogP contribution < -0.4 is 0 Å². The third-order valence-corrected chi connectivity index (χ3v) is 3.72. The summed E-state index contributed by atoms with van der Waals surface area (Å²) in [5.41, 5.74) is 0. The lowest BCUT2D eigenvalue weighted by Crippen LogP contribution is -2.34. The molecule has 11 heavy (non-hydrogen) atoms. The van der Waals surface area contributed by atoms with Crippen molar-refractivity contribution in [2.75, 3.05) is 0 Å². The second kappa shape index (κ2) is 2.91. The summed E-state index contributed by atoms with van der Waals surface area (Å²) in [4.78, 5) is 20.9. The fraction of sp³-hybridized carbons (Fsp3) is 0.625. The molecule has 0 aromatic heterocycles. The minimum atomic E-state index is -2.31. The van der Waals surface area contributed by atoms with Crippen LogP contribution in [0.4, 0.5) is 0 Å². The number of hydrogen-bond acceptors (Lipinski definition) is 2. The molecule has 62 valence electrons. The molecule has 1 aliphatic carbocycles. The van der Waals surface area contributed by atoms with Crippen LogP contribution >= 0.6 is 0 Å². The number of carbonyl (C=O) groups excluding carboxylic acids is 1. The molecule has 0 aliphatic heterocycles. The van der Waals surface area contributed by atoms with Crippen LogP contribution in [0.1, 0.15) is 19.3 Å². The van der Waals surface area contributed by atoms with Crippen molar-refractivity contribution in [1.29, 1.82) is 0 Å². The Labute approximate surface area is 68.1 Å². The molecule has 0 unspecified atom stereocenters. The summed E-state index contributed by atoms with van der Waals surface area (Å²) in [6, 6.07) is 0. The third kappa shape index (κ3) is 2.01. The standard InChI is InChI=1S/C8H14O2Si/c1-11(2,10)8-6-4-3-5-7(8)9/h6,10H,3-5H2,1-2H3. The Balaban J connectivity index is 2.85. The topological polar surface area (TPSA) is 37.3 Å². The van der Waals surface area contributed by atoms with Gasteiger partial charge >= 0.3 is 0 Å². The third-order valence-electron chi connectivity index (χ3n) is 1.92. The van der Waals surface area contributed by atoms with Gasteiger partial charge in [0.05, 0.1) is 0 Å². The fourth-order valence-electron chi connectivity index (χ4n) is 1.35. The number of allylic oxidation sites excluding steroid dienone is 2. The molecule has 0 aromatic carbocycles. The maximum Gasteiger partial charge on any atom is 0.217 e. The average molecular weight is 170 g/mol. The number of carbonyl (C=O) groups is 1. The molecule has 2 nitrogen and oxygen atoms in total. The van der Waals surface area contributed by atoms with E-state index in [1.807, 2.05) is 6.08 Å². The largest absolute Gasteiger partial charge is 0.428 e. The van der Waals surface area contributed by atoms with Crippen LogP contribution in [0.25, 0.3) is 0 Å². The van der Waals surface area contributed by atoms with Gasteiger partial charge in [0.15, 0.2) is 5.78 Å². The van der Waals surface area contributed by atoms with Crippen molar-refractivity contribution in [2.24, 2.45) is 0 Å². The number of rotatable bonds is 1. The van der Waals surface area contributed by atoms with Gasteiger partial charge in [0.2, 0.25) is 8.32 Å². The summed E-state index contributed by atoms with van der Waals surface area (Å²) in [6.07, 6.45) is 4.45. The summed E-state index contributed by atoms with van der Waals surface area (Å²) >= 11 is 0. The first-order valence-corrected chi connectivity index (χ1v) is 6.93. The lowest BCUT2D eigenvalue weighted by atomic mass is 10.1. The average Bonchev–Trinajstić information content (AvgIpc) is 1.86. The van der Waals surface area contributed by atoms with Gasteiger partial charge in [-0.05, 0) is 25.9 Å². The molecule has 1 aliphatic rings. The quantitative estimate of drug-likeness (QED) is 0.604. The molecule has 0 bridgehead atoms. The summed E-state index contributed by atoms with van der Waals surface area (Å²) in [6.45, 7) is 3.59. The van der Waals surface area contributed by atoms with E-state index in [2.05, 4.69) is 0 Å². The first-order chi connectivity index (χ1) is 5.02. The normalized spacial score (nSPS) is 19.9. The predicted molar refractivity (Wildman–Crippen MR) is 46.6 cm³/mol. The van der Waals surface area contributed by atoms with Crippen LogP contribution in [0.15, 0.2) is 11.3 Å². The van der Waals surface area contributed by atoms with Gasteiger partial charge in [-0.1, -0.05) is 6.08 Å². The van der Waals surface area contributed by atoms with Gasteiger partial charge < -0.3 is 4.80 Å². The van der Waals surface area contributed by atoms with Crippen LogP contribution in [0, 0.1) is 0 Å². The molecular weight excluding hydrogens is 156 g/mol. The molecule has 0 saturated heterocycles. The van der Waals surface area contributed by atoms with E-state index in [0.717, 1.165) is 18.0 Å². The highest BCUT2D eigenvalue weighted by Gasteiger charge is 2.29. The van der Waals surface area contributed by atoms with E-state index in [0.29, 0.717) is 6.42 Å². The predicted octanol–water partition coefficient (Wildman–Crippen LogP) is 1.40. The monoisotopic (exact) mass is 170 g/mol. The summed E-state index contributed by atoms with van der Waals surface area (Å²) < 4.78 is 0. The van der Waals surface area contributed by atoms with E-state index in [1.54, 1.807) is 13.1 Å². The van der Waals surface area contributed by atoms with Crippen molar-refractivity contribution in [1.82, 2.24) is 0 Å². The molecule has 0 radical (unpaired) electrons. The van der Waals surface area contributed by atoms with Gasteiger partial charge in [-0.15, -0.1) is 0 Å². The van der Waals surface area contributed by atoms with Crippen LogP contribution in [0.2, 0.25) is 13.1 Å². The molecule has 0 spiro atoms. The van der Waals surface area contributed by atoms with Gasteiger partial charge in [0, 0.05) is 11.6 Å². The van der Waals surface area contributed by atoms with Crippen LogP contribution in [-0.4, -0.2) is 18.9 Å². The summed E-state index contributed by atoms with van der Waals surface area (Å²) in [5.74, 6) is 0.162. The fourth-order valence-corrected chi connectivity index (χ4v) is 2.80. The Bertz CT molecular complexity index is 201. The Morgan fingerprint density at radius 2 is 2.18 bits per heavy atom. The number of Topliss-reactive ketones (excluding diaryl/α,β-unsaturated/α-hetero) is 1. The van der Waals surface area contributed by atoms with Gasteiger partial charge in [-0.2, -0.15) is 0 Å². The van der Waals surface area contributed by atoms with E-state index in [-0.39, 0.29) is 5.78 Å². The Morgan fingerprint density at radius 1 is 1.55 bits per heavy atom. The zero-order valence-electron chi connectivity index (χ0n) is 7.05. The van der Waals surface area contributed by atoms with Gasteiger partial charge in [0.25, 0.3) is 0 Å². The molecular formula is C8H14O2Si. The highest BCUT2D eigenvalue weighted by atomic mass is 28.4. The smallest absolute Gasteiger partial charge is 0.217 e. The van der Waals surface area contributed by atoms with Crippen molar-refractivity contribution >= 4 is 14.1 Å². The van der Waals surface area contributed by atoms with Crippen LogP contribution in [0.3, 0.4) is 0 Å². The lowest BCUT2D eigenvalue weighted by molar-refractivity contribution is -0.115. The summed E-state index contributed by atoms with van der Waals surface area (Å²) in [7, 11) is -2.31. The Hall–Kier alpha value is -0.413. The van der Waals surface area contributed by atoms with Gasteiger partial charge in [0.1, 0.15) is 0 Å². The van der Waals surface area contributed by atoms with E-state index in [4.69, 9.17) is 0 Å². The van der Waals surface area contributed by atoms with Gasteiger partial charge in [-0.3, -0.25) is 4.79 Å².